The molecule has 0 saturated carbocycles. The first kappa shape index (κ1) is 22.6. The van der Waals surface area contributed by atoms with Crippen LogP contribution in [0.2, 0.25) is 0 Å². The van der Waals surface area contributed by atoms with Gasteiger partial charge in [0.05, 0.1) is 18.9 Å². The summed E-state index contributed by atoms with van der Waals surface area (Å²) in [5.74, 6) is 0.789. The van der Waals surface area contributed by atoms with Crippen LogP contribution >= 0.6 is 15.9 Å². The lowest BCUT2D eigenvalue weighted by Gasteiger charge is -2.12. The quantitative estimate of drug-likeness (QED) is 0.239. The largest absolute Gasteiger partial charge is 0.496 e. The Balaban J connectivity index is 1.59. The number of amides is 1. The molecule has 0 atom stereocenters. The zero-order valence-corrected chi connectivity index (χ0v) is 19.9. The molecule has 4 rings (SSSR count). The standard InChI is InChI=1S/C27H23BrN2O3/c1-18-7-9-19(10-8-18)17-33-26-13-11-20-5-3-4-6-22(20)24(26)16-29-30-27(31)23-15-21(28)12-14-25(23)32-2/h3-16H,17H2,1-2H3,(H,30,31)/b29-16-. The van der Waals surface area contributed by atoms with Gasteiger partial charge in [-0.25, -0.2) is 5.43 Å². The molecule has 0 aromatic heterocycles. The lowest BCUT2D eigenvalue weighted by molar-refractivity contribution is 0.0952. The maximum Gasteiger partial charge on any atom is 0.275 e. The zero-order valence-electron chi connectivity index (χ0n) is 18.3. The Labute approximate surface area is 201 Å². The van der Waals surface area contributed by atoms with Crippen LogP contribution in [0.15, 0.2) is 88.4 Å². The summed E-state index contributed by atoms with van der Waals surface area (Å²) in [5, 5.41) is 6.27. The van der Waals surface area contributed by atoms with Gasteiger partial charge < -0.3 is 9.47 Å². The number of ether oxygens (including phenoxy) is 2. The fourth-order valence-corrected chi connectivity index (χ4v) is 3.81. The van der Waals surface area contributed by atoms with Crippen molar-refractivity contribution in [2.75, 3.05) is 7.11 Å². The Kier molecular flexibility index (Phi) is 7.05. The first-order chi connectivity index (χ1) is 16.0. The van der Waals surface area contributed by atoms with Crippen LogP contribution in [0.3, 0.4) is 0 Å². The Morgan fingerprint density at radius 1 is 1.00 bits per heavy atom. The van der Waals surface area contributed by atoms with Crippen molar-refractivity contribution < 1.29 is 14.3 Å². The van der Waals surface area contributed by atoms with Gasteiger partial charge >= 0.3 is 0 Å². The number of aryl methyl sites for hydroxylation is 1. The summed E-state index contributed by atoms with van der Waals surface area (Å²) in [5.41, 5.74) is 6.05. The third kappa shape index (κ3) is 5.41. The smallest absolute Gasteiger partial charge is 0.275 e. The second kappa shape index (κ2) is 10.3. The fourth-order valence-electron chi connectivity index (χ4n) is 3.45. The first-order valence-electron chi connectivity index (χ1n) is 10.4. The van der Waals surface area contributed by atoms with Crippen molar-refractivity contribution in [3.63, 3.8) is 0 Å². The number of methoxy groups -OCH3 is 1. The molecule has 1 N–H and O–H groups in total. The molecule has 0 aliphatic carbocycles. The number of hydrogen-bond acceptors (Lipinski definition) is 4. The van der Waals surface area contributed by atoms with Crippen molar-refractivity contribution in [3.8, 4) is 11.5 Å². The molecule has 0 heterocycles. The summed E-state index contributed by atoms with van der Waals surface area (Å²) >= 11 is 3.39. The van der Waals surface area contributed by atoms with E-state index in [1.54, 1.807) is 18.3 Å². The van der Waals surface area contributed by atoms with Crippen LogP contribution in [0, 0.1) is 6.92 Å². The van der Waals surface area contributed by atoms with Gasteiger partial charge in [0, 0.05) is 10.0 Å². The van der Waals surface area contributed by atoms with Crippen LogP contribution in [-0.4, -0.2) is 19.2 Å². The molecule has 0 unspecified atom stereocenters. The Morgan fingerprint density at radius 2 is 1.76 bits per heavy atom. The van der Waals surface area contributed by atoms with E-state index in [1.807, 2.05) is 42.5 Å². The molecule has 5 nitrogen and oxygen atoms in total. The summed E-state index contributed by atoms with van der Waals surface area (Å²) < 4.78 is 12.2. The van der Waals surface area contributed by atoms with Crippen molar-refractivity contribution in [2.24, 2.45) is 5.10 Å². The fraction of sp³-hybridized carbons (Fsp3) is 0.111. The second-order valence-corrected chi connectivity index (χ2v) is 8.43. The van der Waals surface area contributed by atoms with Crippen LogP contribution in [0.5, 0.6) is 11.5 Å². The predicted octanol–water partition coefficient (Wildman–Crippen LogP) is 6.26. The van der Waals surface area contributed by atoms with E-state index in [1.165, 1.54) is 12.7 Å². The van der Waals surface area contributed by atoms with Crippen LogP contribution in [0.1, 0.15) is 27.0 Å². The van der Waals surface area contributed by atoms with Gasteiger partial charge in [0.15, 0.2) is 0 Å². The number of nitrogens with one attached hydrogen (secondary N) is 1. The highest BCUT2D eigenvalue weighted by Crippen LogP contribution is 2.28. The molecule has 0 bridgehead atoms. The summed E-state index contributed by atoms with van der Waals surface area (Å²) in [4.78, 5) is 12.7. The summed E-state index contributed by atoms with van der Waals surface area (Å²) in [6.45, 7) is 2.49. The molecular weight excluding hydrogens is 480 g/mol. The number of rotatable bonds is 7. The molecule has 6 heteroatoms. The van der Waals surface area contributed by atoms with E-state index in [0.717, 1.165) is 26.4 Å². The number of hydrazone groups is 1. The topological polar surface area (TPSA) is 59.9 Å². The second-order valence-electron chi connectivity index (χ2n) is 7.52. The van der Waals surface area contributed by atoms with Gasteiger partial charge in [0.2, 0.25) is 0 Å². The number of carbonyl (C=O) groups excluding carboxylic acids is 1. The molecule has 0 spiro atoms. The molecule has 33 heavy (non-hydrogen) atoms. The SMILES string of the molecule is COc1ccc(Br)cc1C(=O)N/N=C\c1c(OCc2ccc(C)cc2)ccc2ccccc12. The maximum atomic E-state index is 12.7. The monoisotopic (exact) mass is 502 g/mol. The van der Waals surface area contributed by atoms with E-state index < -0.39 is 0 Å². The molecule has 0 aliphatic rings. The van der Waals surface area contributed by atoms with Crippen molar-refractivity contribution in [1.29, 1.82) is 0 Å². The maximum absolute atomic E-state index is 12.7. The molecule has 0 radical (unpaired) electrons. The molecule has 4 aromatic carbocycles. The van der Waals surface area contributed by atoms with Crippen molar-refractivity contribution >= 4 is 38.8 Å². The summed E-state index contributed by atoms with van der Waals surface area (Å²) in [6.07, 6.45) is 1.62. The van der Waals surface area contributed by atoms with Crippen molar-refractivity contribution in [2.45, 2.75) is 13.5 Å². The average molecular weight is 503 g/mol. The Hall–Kier alpha value is -3.64. The van der Waals surface area contributed by atoms with Gasteiger partial charge in [-0.15, -0.1) is 0 Å². The summed E-state index contributed by atoms with van der Waals surface area (Å²) in [7, 11) is 1.52. The Morgan fingerprint density at radius 3 is 2.55 bits per heavy atom. The van der Waals surface area contributed by atoms with Crippen LogP contribution < -0.4 is 14.9 Å². The highest BCUT2D eigenvalue weighted by Gasteiger charge is 2.13. The van der Waals surface area contributed by atoms with Gasteiger partial charge in [0.25, 0.3) is 5.91 Å². The normalized spacial score (nSPS) is 11.0. The average Bonchev–Trinajstić information content (AvgIpc) is 2.84. The molecular formula is C27H23BrN2O3. The van der Waals surface area contributed by atoms with E-state index in [4.69, 9.17) is 9.47 Å². The van der Waals surface area contributed by atoms with E-state index in [0.29, 0.717) is 23.7 Å². The van der Waals surface area contributed by atoms with Crippen LogP contribution in [-0.2, 0) is 6.61 Å². The first-order valence-corrected chi connectivity index (χ1v) is 11.2. The van der Waals surface area contributed by atoms with Crippen LogP contribution in [0.4, 0.5) is 0 Å². The number of fused-ring (bicyclic) bond motifs is 1. The third-order valence-corrected chi connectivity index (χ3v) is 5.70. The molecule has 1 amide bonds. The predicted molar refractivity (Wildman–Crippen MR) is 135 cm³/mol. The number of nitrogens with zero attached hydrogens (tertiary/aromatic N) is 1. The highest BCUT2D eigenvalue weighted by molar-refractivity contribution is 9.10. The van der Waals surface area contributed by atoms with Crippen molar-refractivity contribution in [1.82, 2.24) is 5.43 Å². The van der Waals surface area contributed by atoms with E-state index >= 15 is 0 Å². The Bertz CT molecular complexity index is 1320. The van der Waals surface area contributed by atoms with E-state index in [9.17, 15) is 4.79 Å². The number of hydrogen-bond donors (Lipinski definition) is 1. The minimum absolute atomic E-state index is 0.369. The highest BCUT2D eigenvalue weighted by atomic mass is 79.9. The van der Waals surface area contributed by atoms with Gasteiger partial charge in [0.1, 0.15) is 18.1 Å². The number of halogens is 1. The zero-order chi connectivity index (χ0) is 23.2. The van der Waals surface area contributed by atoms with Gasteiger partial charge in [-0.3, -0.25) is 4.79 Å². The van der Waals surface area contributed by atoms with Gasteiger partial charge in [-0.05, 0) is 47.5 Å². The van der Waals surface area contributed by atoms with E-state index in [2.05, 4.69) is 57.6 Å². The molecule has 0 fully saturated rings. The van der Waals surface area contributed by atoms with Crippen LogP contribution in [0.25, 0.3) is 10.8 Å². The molecule has 0 aliphatic heterocycles. The number of benzene rings is 4. The minimum atomic E-state index is -0.369. The molecule has 166 valence electrons. The van der Waals surface area contributed by atoms with Gasteiger partial charge in [-0.1, -0.05) is 76.1 Å². The molecule has 0 saturated heterocycles. The minimum Gasteiger partial charge on any atom is -0.496 e. The molecule has 4 aromatic rings. The summed E-state index contributed by atoms with van der Waals surface area (Å²) in [6, 6.07) is 25.4. The van der Waals surface area contributed by atoms with E-state index in [-0.39, 0.29) is 5.91 Å². The number of carbonyl (C=O) groups is 1. The third-order valence-electron chi connectivity index (χ3n) is 5.21. The lowest BCUT2D eigenvalue weighted by atomic mass is 10.0. The van der Waals surface area contributed by atoms with Crippen molar-refractivity contribution in [3.05, 3.63) is 106 Å². The lowest BCUT2D eigenvalue weighted by Crippen LogP contribution is -2.18. The van der Waals surface area contributed by atoms with Gasteiger partial charge in [-0.2, -0.15) is 5.10 Å².